The van der Waals surface area contributed by atoms with Crippen LogP contribution < -0.4 is 10.5 Å². The fourth-order valence-corrected chi connectivity index (χ4v) is 5.14. The molecule has 1 aromatic rings. The minimum Gasteiger partial charge on any atom is -0.326 e. The molecule has 1 aliphatic carbocycles. The van der Waals surface area contributed by atoms with E-state index in [1.54, 1.807) is 24.3 Å². The SMILES string of the molecule is CCSC1CCCC1NS(=O)(=O)c1ccc(CN)cc1. The van der Waals surface area contributed by atoms with Crippen LogP contribution in [0.15, 0.2) is 29.2 Å². The molecule has 0 saturated heterocycles. The molecule has 20 heavy (non-hydrogen) atoms. The first-order valence-electron chi connectivity index (χ1n) is 6.99. The van der Waals surface area contributed by atoms with E-state index in [1.165, 1.54) is 0 Å². The van der Waals surface area contributed by atoms with Gasteiger partial charge in [-0.15, -0.1) is 0 Å². The lowest BCUT2D eigenvalue weighted by Crippen LogP contribution is -2.38. The highest BCUT2D eigenvalue weighted by molar-refractivity contribution is 8.00. The Balaban J connectivity index is 2.09. The molecule has 4 nitrogen and oxygen atoms in total. The topological polar surface area (TPSA) is 72.2 Å². The maximum atomic E-state index is 12.4. The zero-order valence-corrected chi connectivity index (χ0v) is 13.3. The highest BCUT2D eigenvalue weighted by Gasteiger charge is 2.31. The third kappa shape index (κ3) is 3.75. The van der Waals surface area contributed by atoms with Crippen molar-refractivity contribution in [3.63, 3.8) is 0 Å². The van der Waals surface area contributed by atoms with Gasteiger partial charge in [-0.3, -0.25) is 0 Å². The smallest absolute Gasteiger partial charge is 0.240 e. The van der Waals surface area contributed by atoms with Crippen molar-refractivity contribution < 1.29 is 8.42 Å². The molecule has 0 radical (unpaired) electrons. The first kappa shape index (κ1) is 15.8. The zero-order chi connectivity index (χ0) is 14.6. The van der Waals surface area contributed by atoms with Crippen LogP contribution in [0.3, 0.4) is 0 Å². The van der Waals surface area contributed by atoms with Crippen molar-refractivity contribution in [2.75, 3.05) is 5.75 Å². The zero-order valence-electron chi connectivity index (χ0n) is 11.7. The highest BCUT2D eigenvalue weighted by Crippen LogP contribution is 2.30. The lowest BCUT2D eigenvalue weighted by molar-refractivity contribution is 0.555. The third-order valence-electron chi connectivity index (χ3n) is 3.61. The lowest BCUT2D eigenvalue weighted by Gasteiger charge is -2.20. The molecule has 0 amide bonds. The molecule has 0 bridgehead atoms. The van der Waals surface area contributed by atoms with Crippen LogP contribution >= 0.6 is 11.8 Å². The average Bonchev–Trinajstić information content (AvgIpc) is 2.86. The molecule has 1 aromatic carbocycles. The van der Waals surface area contributed by atoms with E-state index in [0.29, 0.717) is 16.7 Å². The third-order valence-corrected chi connectivity index (χ3v) is 6.44. The molecule has 2 rings (SSSR count). The minimum absolute atomic E-state index is 0.0548. The molecule has 2 atom stereocenters. The number of hydrogen-bond acceptors (Lipinski definition) is 4. The molecular formula is C14H22N2O2S2. The molecule has 3 N–H and O–H groups in total. The molecule has 6 heteroatoms. The number of benzene rings is 1. The van der Waals surface area contributed by atoms with E-state index in [1.807, 2.05) is 11.8 Å². The summed E-state index contributed by atoms with van der Waals surface area (Å²) >= 11 is 1.85. The summed E-state index contributed by atoms with van der Waals surface area (Å²) in [5.74, 6) is 1.02. The number of hydrogen-bond donors (Lipinski definition) is 2. The van der Waals surface area contributed by atoms with E-state index < -0.39 is 10.0 Å². The Labute approximate surface area is 125 Å². The van der Waals surface area contributed by atoms with Crippen LogP contribution in [0.4, 0.5) is 0 Å². The molecule has 2 unspecified atom stereocenters. The number of nitrogens with two attached hydrogens (primary N) is 1. The molecule has 0 spiro atoms. The van der Waals surface area contributed by atoms with Crippen molar-refractivity contribution in [1.82, 2.24) is 4.72 Å². The Morgan fingerprint density at radius 3 is 2.60 bits per heavy atom. The Hall–Kier alpha value is -0.560. The van der Waals surface area contributed by atoms with E-state index in [4.69, 9.17) is 5.73 Å². The summed E-state index contributed by atoms with van der Waals surface area (Å²) in [5.41, 5.74) is 6.46. The molecule has 1 aliphatic rings. The first-order valence-corrected chi connectivity index (χ1v) is 9.53. The van der Waals surface area contributed by atoms with Gasteiger partial charge in [-0.2, -0.15) is 11.8 Å². The molecule has 0 heterocycles. The summed E-state index contributed by atoms with van der Waals surface area (Å²) in [4.78, 5) is 0.321. The van der Waals surface area contributed by atoms with E-state index in [0.717, 1.165) is 30.6 Å². The maximum absolute atomic E-state index is 12.4. The average molecular weight is 314 g/mol. The summed E-state index contributed by atoms with van der Waals surface area (Å²) in [6.45, 7) is 2.53. The minimum atomic E-state index is -3.42. The highest BCUT2D eigenvalue weighted by atomic mass is 32.2. The molecular weight excluding hydrogens is 292 g/mol. The fourth-order valence-electron chi connectivity index (χ4n) is 2.55. The molecule has 1 fully saturated rings. The van der Waals surface area contributed by atoms with Gasteiger partial charge in [0.15, 0.2) is 0 Å². The van der Waals surface area contributed by atoms with Crippen LogP contribution in [0.1, 0.15) is 31.7 Å². The van der Waals surface area contributed by atoms with Gasteiger partial charge in [0.25, 0.3) is 0 Å². The summed E-state index contributed by atoms with van der Waals surface area (Å²) < 4.78 is 27.6. The largest absolute Gasteiger partial charge is 0.326 e. The summed E-state index contributed by atoms with van der Waals surface area (Å²) in [6, 6.07) is 6.84. The quantitative estimate of drug-likeness (QED) is 0.843. The number of thioether (sulfide) groups is 1. The fraction of sp³-hybridized carbons (Fsp3) is 0.571. The number of rotatable bonds is 6. The molecule has 1 saturated carbocycles. The van der Waals surface area contributed by atoms with Crippen LogP contribution in [-0.2, 0) is 16.6 Å². The molecule has 112 valence electrons. The van der Waals surface area contributed by atoms with Gasteiger partial charge in [0.05, 0.1) is 4.90 Å². The van der Waals surface area contributed by atoms with Gasteiger partial charge in [0, 0.05) is 17.8 Å². The maximum Gasteiger partial charge on any atom is 0.240 e. The van der Waals surface area contributed by atoms with Gasteiger partial charge >= 0.3 is 0 Å². The normalized spacial score (nSPS) is 23.1. The molecule has 0 aromatic heterocycles. The number of sulfonamides is 1. The van der Waals surface area contributed by atoms with Gasteiger partial charge in [-0.1, -0.05) is 25.5 Å². The standard InChI is InChI=1S/C14H22N2O2S2/c1-2-19-14-5-3-4-13(14)16-20(17,18)12-8-6-11(10-15)7-9-12/h6-9,13-14,16H,2-5,10,15H2,1H3. The van der Waals surface area contributed by atoms with E-state index >= 15 is 0 Å². The van der Waals surface area contributed by atoms with Crippen LogP contribution in [0.5, 0.6) is 0 Å². The monoisotopic (exact) mass is 314 g/mol. The second-order valence-corrected chi connectivity index (χ2v) is 8.23. The van der Waals surface area contributed by atoms with Crippen LogP contribution in [0, 0.1) is 0 Å². The Morgan fingerprint density at radius 2 is 2.00 bits per heavy atom. The van der Waals surface area contributed by atoms with Crippen LogP contribution in [0.2, 0.25) is 0 Å². The van der Waals surface area contributed by atoms with Gasteiger partial charge in [0.1, 0.15) is 0 Å². The predicted molar refractivity (Wildman–Crippen MR) is 84.2 cm³/mol. The van der Waals surface area contributed by atoms with Crippen LogP contribution in [0.25, 0.3) is 0 Å². The first-order chi connectivity index (χ1) is 9.56. The summed E-state index contributed by atoms with van der Waals surface area (Å²) in [7, 11) is -3.42. The van der Waals surface area contributed by atoms with Crippen LogP contribution in [-0.4, -0.2) is 25.5 Å². The Morgan fingerprint density at radius 1 is 1.30 bits per heavy atom. The van der Waals surface area contributed by atoms with E-state index in [2.05, 4.69) is 11.6 Å². The van der Waals surface area contributed by atoms with Crippen molar-refractivity contribution in [3.05, 3.63) is 29.8 Å². The van der Waals surface area contributed by atoms with Crippen molar-refractivity contribution in [1.29, 1.82) is 0 Å². The van der Waals surface area contributed by atoms with Crippen molar-refractivity contribution in [2.45, 2.75) is 48.9 Å². The summed E-state index contributed by atoms with van der Waals surface area (Å²) in [5, 5.41) is 0.401. The second kappa shape index (κ2) is 6.93. The number of nitrogens with one attached hydrogen (secondary N) is 1. The van der Waals surface area contributed by atoms with E-state index in [9.17, 15) is 8.42 Å². The van der Waals surface area contributed by atoms with Gasteiger partial charge in [0.2, 0.25) is 10.0 Å². The van der Waals surface area contributed by atoms with Crippen molar-refractivity contribution in [2.24, 2.45) is 5.73 Å². The van der Waals surface area contributed by atoms with Crippen molar-refractivity contribution >= 4 is 21.8 Å². The summed E-state index contributed by atoms with van der Waals surface area (Å²) in [6.07, 6.45) is 3.12. The Bertz CT molecular complexity index is 529. The van der Waals surface area contributed by atoms with Gasteiger partial charge in [-0.05, 0) is 36.3 Å². The Kier molecular flexibility index (Phi) is 5.49. The predicted octanol–water partition coefficient (Wildman–Crippen LogP) is 2.10. The van der Waals surface area contributed by atoms with E-state index in [-0.39, 0.29) is 6.04 Å². The van der Waals surface area contributed by atoms with Gasteiger partial charge in [-0.25, -0.2) is 13.1 Å². The molecule has 0 aliphatic heterocycles. The van der Waals surface area contributed by atoms with Gasteiger partial charge < -0.3 is 5.73 Å². The second-order valence-electron chi connectivity index (χ2n) is 5.00. The lowest BCUT2D eigenvalue weighted by atomic mass is 10.2. The van der Waals surface area contributed by atoms with Crippen molar-refractivity contribution in [3.8, 4) is 0 Å².